The normalized spacial score (nSPS) is 17.5. The first kappa shape index (κ1) is 16.4. The molecule has 1 rings (SSSR count). The van der Waals surface area contributed by atoms with Crippen molar-refractivity contribution in [3.8, 4) is 0 Å². The highest BCUT2D eigenvalue weighted by Crippen LogP contribution is 2.27. The smallest absolute Gasteiger partial charge is 0.238 e. The van der Waals surface area contributed by atoms with Crippen LogP contribution in [0.2, 0.25) is 0 Å². The number of carbonyl (C=O) groups excluding carboxylic acids is 1. The quantitative estimate of drug-likeness (QED) is 0.754. The highest BCUT2D eigenvalue weighted by Gasteiger charge is 2.32. The van der Waals surface area contributed by atoms with Crippen LogP contribution < -0.4 is 5.73 Å². The van der Waals surface area contributed by atoms with E-state index in [1.54, 1.807) is 0 Å². The van der Waals surface area contributed by atoms with E-state index in [0.29, 0.717) is 25.0 Å². The topological polar surface area (TPSA) is 49.6 Å². The molecular formula is C15H31N3O. The molecule has 0 saturated heterocycles. The minimum atomic E-state index is 0.164. The second-order valence-corrected chi connectivity index (χ2v) is 6.14. The Hall–Kier alpha value is -0.610. The van der Waals surface area contributed by atoms with Crippen LogP contribution in [0, 0.1) is 0 Å². The van der Waals surface area contributed by atoms with Crippen LogP contribution in [0.25, 0.3) is 0 Å². The molecule has 1 aliphatic carbocycles. The SMILES string of the molecule is CC(C)N(C(=O)CCN)N(C(C)C)C1CCCCC1. The predicted octanol–water partition coefficient (Wildman–Crippen LogP) is 2.53. The van der Waals surface area contributed by atoms with Gasteiger partial charge in [0.2, 0.25) is 5.91 Å². The van der Waals surface area contributed by atoms with E-state index in [2.05, 4.69) is 32.7 Å². The molecule has 4 heteroatoms. The molecule has 1 fully saturated rings. The standard InChI is InChI=1S/C15H31N3O/c1-12(2)17(14-8-6-5-7-9-14)18(13(3)4)15(19)10-11-16/h12-14H,5-11,16H2,1-4H3. The molecule has 0 radical (unpaired) electrons. The predicted molar refractivity (Wildman–Crippen MR) is 79.5 cm³/mol. The number of amides is 1. The van der Waals surface area contributed by atoms with Crippen molar-refractivity contribution in [1.82, 2.24) is 10.0 Å². The minimum absolute atomic E-state index is 0.164. The number of hydrogen-bond acceptors (Lipinski definition) is 3. The lowest BCUT2D eigenvalue weighted by molar-refractivity contribution is -0.167. The zero-order valence-electron chi connectivity index (χ0n) is 13.1. The van der Waals surface area contributed by atoms with E-state index in [0.717, 1.165) is 0 Å². The zero-order chi connectivity index (χ0) is 14.4. The van der Waals surface area contributed by atoms with Gasteiger partial charge in [-0.05, 0) is 40.5 Å². The molecule has 0 aliphatic heterocycles. The van der Waals surface area contributed by atoms with Gasteiger partial charge in [0.1, 0.15) is 0 Å². The van der Waals surface area contributed by atoms with E-state index < -0.39 is 0 Å². The summed E-state index contributed by atoms with van der Waals surface area (Å²) in [5.74, 6) is 0.164. The van der Waals surface area contributed by atoms with Crippen LogP contribution in [0.3, 0.4) is 0 Å². The summed E-state index contributed by atoms with van der Waals surface area (Å²) in [6, 6.07) is 1.06. The Labute approximate surface area is 118 Å². The van der Waals surface area contributed by atoms with Gasteiger partial charge in [-0.15, -0.1) is 0 Å². The van der Waals surface area contributed by atoms with Crippen LogP contribution in [0.1, 0.15) is 66.2 Å². The van der Waals surface area contributed by atoms with Gasteiger partial charge in [-0.2, -0.15) is 0 Å². The van der Waals surface area contributed by atoms with Gasteiger partial charge in [0.05, 0.1) is 0 Å². The third-order valence-electron chi connectivity index (χ3n) is 3.83. The van der Waals surface area contributed by atoms with E-state index >= 15 is 0 Å². The van der Waals surface area contributed by atoms with Crippen LogP contribution in [0.15, 0.2) is 0 Å². The molecule has 19 heavy (non-hydrogen) atoms. The van der Waals surface area contributed by atoms with Crippen LogP contribution in [0.4, 0.5) is 0 Å². The summed E-state index contributed by atoms with van der Waals surface area (Å²) in [4.78, 5) is 12.4. The maximum Gasteiger partial charge on any atom is 0.238 e. The summed E-state index contributed by atoms with van der Waals surface area (Å²) in [7, 11) is 0. The molecule has 0 bridgehead atoms. The molecule has 0 unspecified atom stereocenters. The van der Waals surface area contributed by atoms with E-state index in [-0.39, 0.29) is 11.9 Å². The lowest BCUT2D eigenvalue weighted by Gasteiger charge is -2.46. The number of hydrogen-bond donors (Lipinski definition) is 1. The Morgan fingerprint density at radius 2 is 1.68 bits per heavy atom. The van der Waals surface area contributed by atoms with Gasteiger partial charge in [0.25, 0.3) is 0 Å². The number of nitrogens with two attached hydrogens (primary N) is 1. The number of hydrazine groups is 1. The molecule has 112 valence electrons. The summed E-state index contributed by atoms with van der Waals surface area (Å²) >= 11 is 0. The minimum Gasteiger partial charge on any atom is -0.330 e. The lowest BCUT2D eigenvalue weighted by Crippen LogP contribution is -2.58. The third kappa shape index (κ3) is 4.46. The van der Waals surface area contributed by atoms with Crippen LogP contribution in [0.5, 0.6) is 0 Å². The second kappa shape index (κ2) is 7.85. The van der Waals surface area contributed by atoms with Gasteiger partial charge >= 0.3 is 0 Å². The molecule has 0 aromatic carbocycles. The van der Waals surface area contributed by atoms with Crippen molar-refractivity contribution < 1.29 is 4.79 Å². The monoisotopic (exact) mass is 269 g/mol. The van der Waals surface area contributed by atoms with Crippen LogP contribution in [-0.4, -0.2) is 40.6 Å². The van der Waals surface area contributed by atoms with Crippen molar-refractivity contribution in [3.05, 3.63) is 0 Å². The summed E-state index contributed by atoms with van der Waals surface area (Å²) in [5, 5.41) is 4.29. The van der Waals surface area contributed by atoms with Crippen molar-refractivity contribution in [2.24, 2.45) is 5.73 Å². The molecule has 0 aromatic heterocycles. The third-order valence-corrected chi connectivity index (χ3v) is 3.83. The van der Waals surface area contributed by atoms with Crippen molar-refractivity contribution in [1.29, 1.82) is 0 Å². The summed E-state index contributed by atoms with van der Waals surface area (Å²) < 4.78 is 0. The second-order valence-electron chi connectivity index (χ2n) is 6.14. The maximum absolute atomic E-state index is 12.4. The molecule has 1 aliphatic rings. The van der Waals surface area contributed by atoms with Crippen molar-refractivity contribution in [2.45, 2.75) is 84.3 Å². The molecule has 2 N–H and O–H groups in total. The molecule has 1 amide bonds. The highest BCUT2D eigenvalue weighted by atomic mass is 16.2. The molecule has 0 heterocycles. The zero-order valence-corrected chi connectivity index (χ0v) is 13.1. The average Bonchev–Trinajstić information content (AvgIpc) is 2.36. The summed E-state index contributed by atoms with van der Waals surface area (Å²) in [5.41, 5.74) is 5.56. The van der Waals surface area contributed by atoms with Crippen LogP contribution >= 0.6 is 0 Å². The van der Waals surface area contributed by atoms with Gasteiger partial charge in [-0.3, -0.25) is 9.80 Å². The van der Waals surface area contributed by atoms with E-state index in [4.69, 9.17) is 5.73 Å². The van der Waals surface area contributed by atoms with E-state index in [1.807, 2.05) is 5.01 Å². The fraction of sp³-hybridized carbons (Fsp3) is 0.933. The Morgan fingerprint density at radius 3 is 2.11 bits per heavy atom. The first-order chi connectivity index (χ1) is 8.99. The summed E-state index contributed by atoms with van der Waals surface area (Å²) in [6.45, 7) is 8.97. The number of nitrogens with zero attached hydrogens (tertiary/aromatic N) is 2. The Morgan fingerprint density at radius 1 is 1.11 bits per heavy atom. The maximum atomic E-state index is 12.4. The Bertz CT molecular complexity index is 273. The first-order valence-electron chi connectivity index (χ1n) is 7.79. The number of carbonyl (C=O) groups is 1. The van der Waals surface area contributed by atoms with Crippen molar-refractivity contribution in [3.63, 3.8) is 0 Å². The van der Waals surface area contributed by atoms with Gasteiger partial charge < -0.3 is 5.73 Å². The molecule has 0 atom stereocenters. The van der Waals surface area contributed by atoms with Gasteiger partial charge in [-0.1, -0.05) is 19.3 Å². The van der Waals surface area contributed by atoms with Crippen molar-refractivity contribution >= 4 is 5.91 Å². The molecular weight excluding hydrogens is 238 g/mol. The van der Waals surface area contributed by atoms with Gasteiger partial charge in [0, 0.05) is 31.1 Å². The Kier molecular flexibility index (Phi) is 6.80. The van der Waals surface area contributed by atoms with Gasteiger partial charge in [-0.25, -0.2) is 5.01 Å². The molecule has 0 aromatic rings. The summed E-state index contributed by atoms with van der Waals surface area (Å²) in [6.07, 6.45) is 6.75. The molecule has 1 saturated carbocycles. The van der Waals surface area contributed by atoms with Crippen molar-refractivity contribution in [2.75, 3.05) is 6.54 Å². The van der Waals surface area contributed by atoms with Crippen LogP contribution in [-0.2, 0) is 4.79 Å². The first-order valence-corrected chi connectivity index (χ1v) is 7.79. The van der Waals surface area contributed by atoms with Gasteiger partial charge in [0.15, 0.2) is 0 Å². The lowest BCUT2D eigenvalue weighted by atomic mass is 9.94. The Balaban J connectivity index is 2.88. The largest absolute Gasteiger partial charge is 0.330 e. The number of rotatable bonds is 6. The highest BCUT2D eigenvalue weighted by molar-refractivity contribution is 5.76. The van der Waals surface area contributed by atoms with E-state index in [9.17, 15) is 4.79 Å². The molecule has 4 nitrogen and oxygen atoms in total. The van der Waals surface area contributed by atoms with E-state index in [1.165, 1.54) is 32.1 Å². The fourth-order valence-electron chi connectivity index (χ4n) is 3.11. The fourth-order valence-corrected chi connectivity index (χ4v) is 3.11. The molecule has 0 spiro atoms. The average molecular weight is 269 g/mol.